The SMILES string of the molecule is CC(CCNC(=O)Nc1ccc(Cl)cc1)N1CCCC1. The van der Waals surface area contributed by atoms with Crippen molar-refractivity contribution >= 4 is 23.3 Å². The lowest BCUT2D eigenvalue weighted by molar-refractivity contribution is 0.238. The normalized spacial score (nSPS) is 16.9. The van der Waals surface area contributed by atoms with Crippen molar-refractivity contribution in [1.29, 1.82) is 0 Å². The summed E-state index contributed by atoms with van der Waals surface area (Å²) in [5.74, 6) is 0. The van der Waals surface area contributed by atoms with E-state index in [-0.39, 0.29) is 6.03 Å². The van der Waals surface area contributed by atoms with E-state index in [2.05, 4.69) is 22.5 Å². The average molecular weight is 296 g/mol. The van der Waals surface area contributed by atoms with Crippen molar-refractivity contribution in [3.63, 3.8) is 0 Å². The third-order valence-corrected chi connectivity index (χ3v) is 3.97. The third-order valence-electron chi connectivity index (χ3n) is 3.71. The second-order valence-corrected chi connectivity index (χ2v) is 5.71. The summed E-state index contributed by atoms with van der Waals surface area (Å²) in [6, 6.07) is 7.46. The van der Waals surface area contributed by atoms with Crippen LogP contribution in [0, 0.1) is 0 Å². The minimum Gasteiger partial charge on any atom is -0.338 e. The molecule has 110 valence electrons. The first-order valence-corrected chi connectivity index (χ1v) is 7.57. The predicted octanol–water partition coefficient (Wildman–Crippen LogP) is 3.34. The van der Waals surface area contributed by atoms with Gasteiger partial charge in [-0.15, -0.1) is 0 Å². The number of nitrogens with one attached hydrogen (secondary N) is 2. The van der Waals surface area contributed by atoms with Crippen LogP contribution in [-0.4, -0.2) is 36.6 Å². The van der Waals surface area contributed by atoms with Crippen LogP contribution in [-0.2, 0) is 0 Å². The Morgan fingerprint density at radius 2 is 1.95 bits per heavy atom. The van der Waals surface area contributed by atoms with E-state index < -0.39 is 0 Å². The van der Waals surface area contributed by atoms with Crippen molar-refractivity contribution in [2.45, 2.75) is 32.2 Å². The molecule has 1 saturated heterocycles. The van der Waals surface area contributed by atoms with E-state index >= 15 is 0 Å². The number of amides is 2. The van der Waals surface area contributed by atoms with Crippen LogP contribution in [0.3, 0.4) is 0 Å². The molecular formula is C15H22ClN3O. The van der Waals surface area contributed by atoms with E-state index in [0.717, 1.165) is 12.1 Å². The molecule has 0 aliphatic carbocycles. The summed E-state index contributed by atoms with van der Waals surface area (Å²) in [5.41, 5.74) is 0.750. The molecule has 1 unspecified atom stereocenters. The van der Waals surface area contributed by atoms with E-state index in [4.69, 9.17) is 11.6 Å². The number of halogens is 1. The van der Waals surface area contributed by atoms with Gasteiger partial charge in [-0.05, 0) is 63.5 Å². The molecule has 1 aliphatic heterocycles. The fraction of sp³-hybridized carbons (Fsp3) is 0.533. The summed E-state index contributed by atoms with van der Waals surface area (Å²) in [4.78, 5) is 14.2. The maximum Gasteiger partial charge on any atom is 0.319 e. The molecule has 1 aromatic carbocycles. The number of carbonyl (C=O) groups is 1. The van der Waals surface area contributed by atoms with Crippen LogP contribution < -0.4 is 10.6 Å². The van der Waals surface area contributed by atoms with Gasteiger partial charge in [0, 0.05) is 23.3 Å². The highest BCUT2D eigenvalue weighted by Gasteiger charge is 2.17. The molecule has 0 saturated carbocycles. The molecule has 2 amide bonds. The van der Waals surface area contributed by atoms with Gasteiger partial charge in [-0.3, -0.25) is 0 Å². The van der Waals surface area contributed by atoms with Crippen molar-refractivity contribution in [2.75, 3.05) is 25.0 Å². The van der Waals surface area contributed by atoms with Gasteiger partial charge in [-0.2, -0.15) is 0 Å². The molecule has 0 aromatic heterocycles. The lowest BCUT2D eigenvalue weighted by Gasteiger charge is -2.23. The van der Waals surface area contributed by atoms with E-state index in [1.807, 2.05) is 0 Å². The fourth-order valence-corrected chi connectivity index (χ4v) is 2.59. The summed E-state index contributed by atoms with van der Waals surface area (Å²) in [5, 5.41) is 6.34. The lowest BCUT2D eigenvalue weighted by atomic mass is 10.2. The Bertz CT molecular complexity index is 429. The molecule has 5 heteroatoms. The first-order chi connectivity index (χ1) is 9.65. The maximum atomic E-state index is 11.7. The number of likely N-dealkylation sites (tertiary alicyclic amines) is 1. The molecular weight excluding hydrogens is 274 g/mol. The van der Waals surface area contributed by atoms with Crippen LogP contribution in [0.2, 0.25) is 5.02 Å². The van der Waals surface area contributed by atoms with Crippen LogP contribution in [0.25, 0.3) is 0 Å². The smallest absolute Gasteiger partial charge is 0.319 e. The first-order valence-electron chi connectivity index (χ1n) is 7.19. The Morgan fingerprint density at radius 3 is 2.60 bits per heavy atom. The Kier molecular flexibility index (Phi) is 5.68. The van der Waals surface area contributed by atoms with E-state index in [1.54, 1.807) is 24.3 Å². The monoisotopic (exact) mass is 295 g/mol. The lowest BCUT2D eigenvalue weighted by Crippen LogP contribution is -2.36. The van der Waals surface area contributed by atoms with Gasteiger partial charge >= 0.3 is 6.03 Å². The summed E-state index contributed by atoms with van der Waals surface area (Å²) in [6.45, 7) is 5.30. The number of rotatable bonds is 5. The molecule has 1 atom stereocenters. The second kappa shape index (κ2) is 7.50. The van der Waals surface area contributed by atoms with Gasteiger partial charge in [-0.1, -0.05) is 11.6 Å². The Hall–Kier alpha value is -1.26. The van der Waals surface area contributed by atoms with Crippen molar-refractivity contribution in [3.8, 4) is 0 Å². The largest absolute Gasteiger partial charge is 0.338 e. The minimum atomic E-state index is -0.166. The van der Waals surface area contributed by atoms with Gasteiger partial charge in [0.25, 0.3) is 0 Å². The van der Waals surface area contributed by atoms with Gasteiger partial charge in [-0.25, -0.2) is 4.79 Å². The highest BCUT2D eigenvalue weighted by atomic mass is 35.5. The van der Waals surface area contributed by atoms with Crippen molar-refractivity contribution < 1.29 is 4.79 Å². The van der Waals surface area contributed by atoms with Gasteiger partial charge in [0.05, 0.1) is 0 Å². The van der Waals surface area contributed by atoms with E-state index in [1.165, 1.54) is 25.9 Å². The second-order valence-electron chi connectivity index (χ2n) is 5.27. The van der Waals surface area contributed by atoms with Crippen molar-refractivity contribution in [3.05, 3.63) is 29.3 Å². The predicted molar refractivity (Wildman–Crippen MR) is 83.4 cm³/mol. The fourth-order valence-electron chi connectivity index (χ4n) is 2.47. The zero-order valence-electron chi connectivity index (χ0n) is 11.9. The zero-order valence-corrected chi connectivity index (χ0v) is 12.6. The number of anilines is 1. The van der Waals surface area contributed by atoms with E-state index in [0.29, 0.717) is 17.6 Å². The quantitative estimate of drug-likeness (QED) is 0.875. The van der Waals surface area contributed by atoms with Crippen LogP contribution in [0.15, 0.2) is 24.3 Å². The van der Waals surface area contributed by atoms with Crippen molar-refractivity contribution in [2.24, 2.45) is 0 Å². The molecule has 1 aromatic rings. The standard InChI is InChI=1S/C15H22ClN3O/c1-12(19-10-2-3-11-19)8-9-17-15(20)18-14-6-4-13(16)5-7-14/h4-7,12H,2-3,8-11H2,1H3,(H2,17,18,20). The zero-order chi connectivity index (χ0) is 14.4. The number of benzene rings is 1. The number of nitrogens with zero attached hydrogens (tertiary/aromatic N) is 1. The molecule has 4 nitrogen and oxygen atoms in total. The van der Waals surface area contributed by atoms with Crippen LogP contribution in [0.4, 0.5) is 10.5 Å². The average Bonchev–Trinajstić information content (AvgIpc) is 2.95. The number of urea groups is 1. The molecule has 0 bridgehead atoms. The molecule has 0 radical (unpaired) electrons. The van der Waals surface area contributed by atoms with Crippen molar-refractivity contribution in [1.82, 2.24) is 10.2 Å². The molecule has 20 heavy (non-hydrogen) atoms. The molecule has 1 aliphatic rings. The highest BCUT2D eigenvalue weighted by Crippen LogP contribution is 2.14. The summed E-state index contributed by atoms with van der Waals surface area (Å²) >= 11 is 5.80. The molecule has 2 N–H and O–H groups in total. The Morgan fingerprint density at radius 1 is 1.30 bits per heavy atom. The Labute approximate surface area is 125 Å². The maximum absolute atomic E-state index is 11.7. The number of hydrogen-bond acceptors (Lipinski definition) is 2. The molecule has 1 fully saturated rings. The van der Waals surface area contributed by atoms with Crippen LogP contribution in [0.1, 0.15) is 26.2 Å². The van der Waals surface area contributed by atoms with Gasteiger partial charge in [0.1, 0.15) is 0 Å². The summed E-state index contributed by atoms with van der Waals surface area (Å²) in [7, 11) is 0. The van der Waals surface area contributed by atoms with Gasteiger partial charge < -0.3 is 15.5 Å². The minimum absolute atomic E-state index is 0.166. The number of hydrogen-bond donors (Lipinski definition) is 2. The molecule has 0 spiro atoms. The van der Waals surface area contributed by atoms with Crippen LogP contribution >= 0.6 is 11.6 Å². The van der Waals surface area contributed by atoms with E-state index in [9.17, 15) is 4.79 Å². The molecule has 1 heterocycles. The molecule has 2 rings (SSSR count). The highest BCUT2D eigenvalue weighted by molar-refractivity contribution is 6.30. The first kappa shape index (κ1) is 15.1. The number of carbonyl (C=O) groups excluding carboxylic acids is 1. The van der Waals surface area contributed by atoms with Crippen LogP contribution in [0.5, 0.6) is 0 Å². The Balaban J connectivity index is 1.65. The summed E-state index contributed by atoms with van der Waals surface area (Å²) in [6.07, 6.45) is 3.58. The topological polar surface area (TPSA) is 44.4 Å². The third kappa shape index (κ3) is 4.69. The summed E-state index contributed by atoms with van der Waals surface area (Å²) < 4.78 is 0. The van der Waals surface area contributed by atoms with Gasteiger partial charge in [0.2, 0.25) is 0 Å². The van der Waals surface area contributed by atoms with Gasteiger partial charge in [0.15, 0.2) is 0 Å².